The van der Waals surface area contributed by atoms with Gasteiger partial charge in [-0.15, -0.1) is 0 Å². The molecule has 4 nitrogen and oxygen atoms in total. The first-order valence-electron chi connectivity index (χ1n) is 9.91. The van der Waals surface area contributed by atoms with Gasteiger partial charge in [0.1, 0.15) is 5.82 Å². The standard InChI is InChI=1S/C24H27N3O/c1-24(2,3)27-17-19(16-22(27)28)23-25-20-13-7-8-14-21(20)26(23)15-9-12-18-10-5-4-6-11-18/h4-14,19H,15-17H2,1-3H3/b12-9-. The summed E-state index contributed by atoms with van der Waals surface area (Å²) in [5.41, 5.74) is 3.14. The van der Waals surface area contributed by atoms with E-state index in [-0.39, 0.29) is 17.4 Å². The number of allylic oxidation sites excluding steroid dienone is 1. The third-order valence-corrected chi connectivity index (χ3v) is 5.38. The number of hydrogen-bond donors (Lipinski definition) is 0. The summed E-state index contributed by atoms with van der Waals surface area (Å²) in [6.45, 7) is 7.76. The van der Waals surface area contributed by atoms with Crippen LogP contribution in [0.25, 0.3) is 17.1 Å². The van der Waals surface area contributed by atoms with Crippen molar-refractivity contribution in [3.05, 3.63) is 72.1 Å². The quantitative estimate of drug-likeness (QED) is 0.655. The summed E-state index contributed by atoms with van der Waals surface area (Å²) in [4.78, 5) is 19.5. The lowest BCUT2D eigenvalue weighted by atomic mass is 10.1. The highest BCUT2D eigenvalue weighted by atomic mass is 16.2. The highest BCUT2D eigenvalue weighted by Gasteiger charge is 2.38. The predicted octanol–water partition coefficient (Wildman–Crippen LogP) is 4.86. The van der Waals surface area contributed by atoms with E-state index < -0.39 is 0 Å². The molecule has 0 N–H and O–H groups in total. The third kappa shape index (κ3) is 3.59. The minimum Gasteiger partial charge on any atom is -0.337 e. The molecule has 1 saturated heterocycles. The van der Waals surface area contributed by atoms with Gasteiger partial charge in [-0.1, -0.05) is 54.6 Å². The van der Waals surface area contributed by atoms with E-state index >= 15 is 0 Å². The van der Waals surface area contributed by atoms with Crippen molar-refractivity contribution in [3.63, 3.8) is 0 Å². The smallest absolute Gasteiger partial charge is 0.223 e. The summed E-state index contributed by atoms with van der Waals surface area (Å²) in [6.07, 6.45) is 4.84. The lowest BCUT2D eigenvalue weighted by Crippen LogP contribution is -2.42. The van der Waals surface area contributed by atoms with Gasteiger partial charge >= 0.3 is 0 Å². The number of fused-ring (bicyclic) bond motifs is 1. The first-order valence-corrected chi connectivity index (χ1v) is 9.91. The lowest BCUT2D eigenvalue weighted by molar-refractivity contribution is -0.131. The first-order chi connectivity index (χ1) is 13.4. The molecule has 4 rings (SSSR count). The largest absolute Gasteiger partial charge is 0.337 e. The van der Waals surface area contributed by atoms with Crippen molar-refractivity contribution in [1.82, 2.24) is 14.5 Å². The summed E-state index contributed by atoms with van der Waals surface area (Å²) in [7, 11) is 0. The average molecular weight is 374 g/mol. The highest BCUT2D eigenvalue weighted by Crippen LogP contribution is 2.33. The van der Waals surface area contributed by atoms with Crippen molar-refractivity contribution in [1.29, 1.82) is 0 Å². The number of imidazole rings is 1. The zero-order chi connectivity index (χ0) is 19.7. The number of rotatable bonds is 4. The SMILES string of the molecule is CC(C)(C)N1CC(c2nc3ccccc3n2C/C=C\c2ccccc2)CC1=O. The number of amides is 1. The van der Waals surface area contributed by atoms with Crippen LogP contribution in [-0.4, -0.2) is 32.4 Å². The summed E-state index contributed by atoms with van der Waals surface area (Å²) in [5, 5.41) is 0. The van der Waals surface area contributed by atoms with Crippen LogP contribution in [0.15, 0.2) is 60.7 Å². The van der Waals surface area contributed by atoms with Crippen molar-refractivity contribution in [2.75, 3.05) is 6.54 Å². The van der Waals surface area contributed by atoms with E-state index in [1.54, 1.807) is 0 Å². The fraction of sp³-hybridized carbons (Fsp3) is 0.333. The fourth-order valence-electron chi connectivity index (χ4n) is 3.98. The Morgan fingerprint density at radius 1 is 1.07 bits per heavy atom. The molecular weight excluding hydrogens is 346 g/mol. The second-order valence-corrected chi connectivity index (χ2v) is 8.46. The number of nitrogens with zero attached hydrogens (tertiary/aromatic N) is 3. The van der Waals surface area contributed by atoms with Crippen molar-refractivity contribution >= 4 is 23.0 Å². The fourth-order valence-corrected chi connectivity index (χ4v) is 3.98. The maximum atomic E-state index is 12.6. The van der Waals surface area contributed by atoms with Crippen LogP contribution in [0, 0.1) is 0 Å². The van der Waals surface area contributed by atoms with Crippen LogP contribution >= 0.6 is 0 Å². The molecule has 1 unspecified atom stereocenters. The number of aromatic nitrogens is 2. The van der Waals surface area contributed by atoms with E-state index in [4.69, 9.17) is 4.98 Å². The average Bonchev–Trinajstić information content (AvgIpc) is 3.23. The van der Waals surface area contributed by atoms with Crippen LogP contribution in [0.5, 0.6) is 0 Å². The van der Waals surface area contributed by atoms with Crippen LogP contribution in [-0.2, 0) is 11.3 Å². The number of benzene rings is 2. The molecule has 0 aliphatic carbocycles. The van der Waals surface area contributed by atoms with Gasteiger partial charge in [0.2, 0.25) is 5.91 Å². The van der Waals surface area contributed by atoms with Crippen molar-refractivity contribution in [2.45, 2.75) is 45.2 Å². The van der Waals surface area contributed by atoms with Crippen molar-refractivity contribution in [3.8, 4) is 0 Å². The number of carbonyl (C=O) groups excluding carboxylic acids is 1. The van der Waals surface area contributed by atoms with Crippen molar-refractivity contribution < 1.29 is 4.79 Å². The summed E-state index contributed by atoms with van der Waals surface area (Å²) in [6, 6.07) is 18.5. The number of hydrogen-bond acceptors (Lipinski definition) is 2. The van der Waals surface area contributed by atoms with Crippen LogP contribution in [0.3, 0.4) is 0 Å². The van der Waals surface area contributed by atoms with Gasteiger partial charge < -0.3 is 9.47 Å². The first kappa shape index (κ1) is 18.5. The second kappa shape index (κ2) is 7.27. The summed E-state index contributed by atoms with van der Waals surface area (Å²) < 4.78 is 2.26. The summed E-state index contributed by atoms with van der Waals surface area (Å²) >= 11 is 0. The normalized spacial score (nSPS) is 17.9. The predicted molar refractivity (Wildman–Crippen MR) is 114 cm³/mol. The molecule has 1 fully saturated rings. The van der Waals surface area contributed by atoms with Crippen LogP contribution in [0.1, 0.15) is 44.5 Å². The van der Waals surface area contributed by atoms with E-state index in [0.29, 0.717) is 6.42 Å². The van der Waals surface area contributed by atoms with Gasteiger partial charge in [0.25, 0.3) is 0 Å². The molecule has 1 amide bonds. The molecular formula is C24H27N3O. The van der Waals surface area contributed by atoms with Gasteiger partial charge in [-0.3, -0.25) is 4.79 Å². The zero-order valence-corrected chi connectivity index (χ0v) is 16.8. The minimum absolute atomic E-state index is 0.129. The molecule has 0 spiro atoms. The highest BCUT2D eigenvalue weighted by molar-refractivity contribution is 5.81. The topological polar surface area (TPSA) is 38.1 Å². The van der Waals surface area contributed by atoms with E-state index in [9.17, 15) is 4.79 Å². The van der Waals surface area contributed by atoms with Gasteiger partial charge in [-0.2, -0.15) is 0 Å². The zero-order valence-electron chi connectivity index (χ0n) is 16.8. The number of para-hydroxylation sites is 2. The summed E-state index contributed by atoms with van der Waals surface area (Å²) in [5.74, 6) is 1.36. The maximum absolute atomic E-state index is 12.6. The maximum Gasteiger partial charge on any atom is 0.223 e. The van der Waals surface area contributed by atoms with E-state index in [2.05, 4.69) is 61.8 Å². The number of likely N-dealkylation sites (tertiary alicyclic amines) is 1. The minimum atomic E-state index is -0.157. The van der Waals surface area contributed by atoms with Crippen molar-refractivity contribution in [2.24, 2.45) is 0 Å². The Labute approximate surface area is 166 Å². The number of carbonyl (C=O) groups is 1. The van der Waals surface area contributed by atoms with Gasteiger partial charge in [0.15, 0.2) is 0 Å². The Hall–Kier alpha value is -2.88. The molecule has 28 heavy (non-hydrogen) atoms. The molecule has 0 saturated carbocycles. The molecule has 2 heterocycles. The van der Waals surface area contributed by atoms with Gasteiger partial charge in [0.05, 0.1) is 11.0 Å². The van der Waals surface area contributed by atoms with E-state index in [0.717, 1.165) is 29.9 Å². The molecule has 1 aliphatic heterocycles. The second-order valence-electron chi connectivity index (χ2n) is 8.46. The van der Waals surface area contributed by atoms with E-state index in [1.807, 2.05) is 35.2 Å². The lowest BCUT2D eigenvalue weighted by Gasteiger charge is -2.32. The molecule has 144 valence electrons. The molecule has 2 aromatic carbocycles. The molecule has 0 bridgehead atoms. The van der Waals surface area contributed by atoms with Gasteiger partial charge in [-0.25, -0.2) is 4.98 Å². The molecule has 1 aromatic heterocycles. The van der Waals surface area contributed by atoms with Crippen LogP contribution < -0.4 is 0 Å². The Morgan fingerprint density at radius 3 is 2.50 bits per heavy atom. The third-order valence-electron chi connectivity index (χ3n) is 5.38. The molecule has 0 radical (unpaired) electrons. The van der Waals surface area contributed by atoms with Gasteiger partial charge in [0, 0.05) is 31.0 Å². The van der Waals surface area contributed by atoms with Crippen LogP contribution in [0.2, 0.25) is 0 Å². The molecule has 1 atom stereocenters. The molecule has 4 heteroatoms. The Bertz CT molecular complexity index is 1010. The van der Waals surface area contributed by atoms with Crippen LogP contribution in [0.4, 0.5) is 0 Å². The monoisotopic (exact) mass is 373 g/mol. The van der Waals surface area contributed by atoms with E-state index in [1.165, 1.54) is 5.56 Å². The Morgan fingerprint density at radius 2 is 1.79 bits per heavy atom. The Kier molecular flexibility index (Phi) is 4.80. The Balaban J connectivity index is 1.66. The molecule has 3 aromatic rings. The molecule has 1 aliphatic rings. The van der Waals surface area contributed by atoms with Gasteiger partial charge in [-0.05, 0) is 38.5 Å².